The summed E-state index contributed by atoms with van der Waals surface area (Å²) < 4.78 is 35.6. The third-order valence-corrected chi connectivity index (χ3v) is 7.95. The molecule has 4 rings (SSSR count). The molecule has 148 valence electrons. The van der Waals surface area contributed by atoms with Gasteiger partial charge in [-0.3, -0.25) is 0 Å². The van der Waals surface area contributed by atoms with Crippen molar-refractivity contribution in [3.05, 3.63) is 54.1 Å². The molecule has 2 saturated heterocycles. The lowest BCUT2D eigenvalue weighted by Crippen LogP contribution is -2.52. The minimum Gasteiger partial charge on any atom is -0.359 e. The van der Waals surface area contributed by atoms with E-state index >= 15 is 0 Å². The average molecular weight is 401 g/mol. The molecule has 0 saturated carbocycles. The predicted octanol–water partition coefficient (Wildman–Crippen LogP) is 1.79. The quantitative estimate of drug-likeness (QED) is 0.720. The molecule has 28 heavy (non-hydrogen) atoms. The Hall–Kier alpha value is -2.18. The molecule has 2 heterocycles. The summed E-state index contributed by atoms with van der Waals surface area (Å²) in [5, 5.41) is 9.09. The highest BCUT2D eigenvalue weighted by molar-refractivity contribution is 7.87. The van der Waals surface area contributed by atoms with Gasteiger partial charge in [-0.2, -0.15) is 22.3 Å². The van der Waals surface area contributed by atoms with Crippen LogP contribution in [0.2, 0.25) is 0 Å². The van der Waals surface area contributed by atoms with Crippen molar-refractivity contribution < 1.29 is 13.2 Å². The number of allylic oxidation sites excluding steroid dienone is 2. The van der Waals surface area contributed by atoms with E-state index in [2.05, 4.69) is 6.19 Å². The zero-order chi connectivity index (χ0) is 19.8. The molecule has 0 spiro atoms. The molecule has 0 amide bonds. The van der Waals surface area contributed by atoms with Crippen LogP contribution in [0.4, 0.5) is 0 Å². The smallest absolute Gasteiger partial charge is 0.285 e. The molecule has 7 nitrogen and oxygen atoms in total. The van der Waals surface area contributed by atoms with Gasteiger partial charge in [0, 0.05) is 45.8 Å². The monoisotopic (exact) mass is 400 g/mol. The number of methoxy groups -OCH3 is 1. The molecule has 1 unspecified atom stereocenters. The lowest BCUT2D eigenvalue weighted by molar-refractivity contribution is -0.0472. The first kappa shape index (κ1) is 19.2. The molecule has 3 aliphatic rings. The van der Waals surface area contributed by atoms with E-state index in [0.29, 0.717) is 39.0 Å². The van der Waals surface area contributed by atoms with E-state index in [1.165, 1.54) is 4.31 Å². The number of ether oxygens (including phenoxy) is 1. The fourth-order valence-electron chi connectivity index (χ4n) is 4.34. The largest absolute Gasteiger partial charge is 0.359 e. The minimum atomic E-state index is -3.69. The predicted molar refractivity (Wildman–Crippen MR) is 106 cm³/mol. The first-order valence-corrected chi connectivity index (χ1v) is 10.8. The van der Waals surface area contributed by atoms with Crippen LogP contribution in [-0.4, -0.2) is 67.0 Å². The van der Waals surface area contributed by atoms with Crippen LogP contribution >= 0.6 is 0 Å². The van der Waals surface area contributed by atoms with E-state index in [1.54, 1.807) is 16.3 Å². The Morgan fingerprint density at radius 1 is 1.21 bits per heavy atom. The first-order chi connectivity index (χ1) is 13.5. The van der Waals surface area contributed by atoms with Crippen molar-refractivity contribution in [3.63, 3.8) is 0 Å². The number of rotatable bonds is 4. The summed E-state index contributed by atoms with van der Waals surface area (Å²) in [6, 6.07) is 9.77. The fraction of sp³-hybridized carbons (Fsp3) is 0.450. The maximum Gasteiger partial charge on any atom is 0.285 e. The molecular weight excluding hydrogens is 376 g/mol. The van der Waals surface area contributed by atoms with Gasteiger partial charge in [-0.05, 0) is 23.6 Å². The molecule has 8 heteroatoms. The molecule has 1 aromatic rings. The first-order valence-electron chi connectivity index (χ1n) is 9.43. The van der Waals surface area contributed by atoms with E-state index in [9.17, 15) is 8.42 Å². The fourth-order valence-corrected chi connectivity index (χ4v) is 6.36. The third-order valence-electron chi connectivity index (χ3n) is 5.83. The summed E-state index contributed by atoms with van der Waals surface area (Å²) in [7, 11) is -2.13. The van der Waals surface area contributed by atoms with Gasteiger partial charge < -0.3 is 9.64 Å². The summed E-state index contributed by atoms with van der Waals surface area (Å²) >= 11 is 0. The number of benzene rings is 1. The van der Waals surface area contributed by atoms with Gasteiger partial charge in [-0.25, -0.2) is 0 Å². The lowest BCUT2D eigenvalue weighted by Gasteiger charge is -2.39. The molecule has 0 radical (unpaired) electrons. The Morgan fingerprint density at radius 2 is 2.00 bits per heavy atom. The zero-order valence-corrected chi connectivity index (χ0v) is 16.7. The molecular formula is C20H24N4O3S. The summed E-state index contributed by atoms with van der Waals surface area (Å²) in [6.07, 6.45) is 8.95. The van der Waals surface area contributed by atoms with Crippen LogP contribution in [0.5, 0.6) is 0 Å². The maximum atomic E-state index is 13.4. The van der Waals surface area contributed by atoms with E-state index in [-0.39, 0.29) is 6.04 Å². The molecule has 1 aliphatic carbocycles. The van der Waals surface area contributed by atoms with Crippen LogP contribution in [0.3, 0.4) is 0 Å². The summed E-state index contributed by atoms with van der Waals surface area (Å²) in [5.41, 5.74) is 1.05. The van der Waals surface area contributed by atoms with Gasteiger partial charge in [-0.15, -0.1) is 0 Å². The van der Waals surface area contributed by atoms with Crippen molar-refractivity contribution in [2.45, 2.75) is 24.6 Å². The minimum absolute atomic E-state index is 0.166. The SMILES string of the molecule is COC1(N2CCN([C@@H]3CCN(C#N)C3)S2(=O)=O)C=CC=C(c2ccccc2)C1. The Morgan fingerprint density at radius 3 is 2.68 bits per heavy atom. The van der Waals surface area contributed by atoms with E-state index in [0.717, 1.165) is 11.1 Å². The average Bonchev–Trinajstić information content (AvgIpc) is 3.32. The molecule has 2 atom stereocenters. The van der Waals surface area contributed by atoms with Crippen LogP contribution in [0.25, 0.3) is 5.57 Å². The summed E-state index contributed by atoms with van der Waals surface area (Å²) in [6.45, 7) is 1.83. The number of nitriles is 1. The number of hydrogen-bond acceptors (Lipinski definition) is 5. The third kappa shape index (κ3) is 3.14. The van der Waals surface area contributed by atoms with Gasteiger partial charge in [-0.1, -0.05) is 42.5 Å². The van der Waals surface area contributed by atoms with Crippen molar-refractivity contribution in [3.8, 4) is 6.19 Å². The van der Waals surface area contributed by atoms with Crippen LogP contribution in [0.1, 0.15) is 18.4 Å². The lowest BCUT2D eigenvalue weighted by atomic mass is 9.91. The molecule has 0 aromatic heterocycles. The standard InChI is InChI=1S/C20H24N4O3S/c1-27-20(10-5-8-18(14-20)17-6-3-2-4-7-17)24-13-12-23(28(24,25)26)19-9-11-22(15-19)16-21/h2-8,10,19H,9,11-15H2,1H3/t19-,20?/m1/s1. The number of hydrogen-bond donors (Lipinski definition) is 0. The topological polar surface area (TPSA) is 76.9 Å². The molecule has 0 bridgehead atoms. The zero-order valence-electron chi connectivity index (χ0n) is 15.9. The van der Waals surface area contributed by atoms with Gasteiger partial charge in [0.1, 0.15) is 0 Å². The molecule has 2 fully saturated rings. The van der Waals surface area contributed by atoms with Crippen molar-refractivity contribution in [2.75, 3.05) is 33.3 Å². The second kappa shape index (κ2) is 7.33. The highest BCUT2D eigenvalue weighted by Crippen LogP contribution is 2.39. The van der Waals surface area contributed by atoms with Gasteiger partial charge in [0.15, 0.2) is 11.9 Å². The van der Waals surface area contributed by atoms with Crippen molar-refractivity contribution in [1.29, 1.82) is 5.26 Å². The second-order valence-electron chi connectivity index (χ2n) is 7.32. The Bertz CT molecular complexity index is 938. The van der Waals surface area contributed by atoms with Gasteiger partial charge in [0.05, 0.1) is 0 Å². The molecule has 1 aromatic carbocycles. The Balaban J connectivity index is 1.60. The van der Waals surface area contributed by atoms with Crippen LogP contribution in [0.15, 0.2) is 48.6 Å². The van der Waals surface area contributed by atoms with Crippen LogP contribution < -0.4 is 0 Å². The Kier molecular flexibility index (Phi) is 5.02. The van der Waals surface area contributed by atoms with E-state index in [1.807, 2.05) is 48.6 Å². The summed E-state index contributed by atoms with van der Waals surface area (Å²) in [4.78, 5) is 1.62. The second-order valence-corrected chi connectivity index (χ2v) is 9.13. The number of likely N-dealkylation sites (tertiary alicyclic amines) is 1. The van der Waals surface area contributed by atoms with Gasteiger partial charge in [0.25, 0.3) is 10.2 Å². The van der Waals surface area contributed by atoms with Gasteiger partial charge >= 0.3 is 0 Å². The molecule has 2 aliphatic heterocycles. The maximum absolute atomic E-state index is 13.4. The van der Waals surface area contributed by atoms with Gasteiger partial charge in [0.2, 0.25) is 0 Å². The van der Waals surface area contributed by atoms with Crippen molar-refractivity contribution >= 4 is 15.8 Å². The highest BCUT2D eigenvalue weighted by Gasteiger charge is 2.52. The summed E-state index contributed by atoms with van der Waals surface area (Å²) in [5.74, 6) is 0. The van der Waals surface area contributed by atoms with E-state index < -0.39 is 15.9 Å². The van der Waals surface area contributed by atoms with Crippen LogP contribution in [-0.2, 0) is 14.9 Å². The van der Waals surface area contributed by atoms with Crippen molar-refractivity contribution in [2.24, 2.45) is 0 Å². The van der Waals surface area contributed by atoms with Crippen LogP contribution in [0, 0.1) is 11.5 Å². The van der Waals surface area contributed by atoms with E-state index in [4.69, 9.17) is 10.00 Å². The number of nitrogens with zero attached hydrogens (tertiary/aromatic N) is 4. The Labute approximate surface area is 166 Å². The normalized spacial score (nSPS) is 30.4. The highest BCUT2D eigenvalue weighted by atomic mass is 32.2. The molecule has 0 N–H and O–H groups in total. The van der Waals surface area contributed by atoms with Crippen molar-refractivity contribution in [1.82, 2.24) is 13.5 Å².